The van der Waals surface area contributed by atoms with E-state index in [1.807, 2.05) is 78.9 Å². The quantitative estimate of drug-likeness (QED) is 0.213. The topological polar surface area (TPSA) is 92.2 Å². The monoisotopic (exact) mass is 577 g/mol. The first-order valence-electron chi connectivity index (χ1n) is 13.0. The van der Waals surface area contributed by atoms with Gasteiger partial charge in [0, 0.05) is 41.6 Å². The first-order chi connectivity index (χ1) is 18.6. The molecule has 0 bridgehead atoms. The number of nitrogens with zero attached hydrogens (tertiary/aromatic N) is 1. The number of carbonyl (C=O) groups excluding carboxylic acids is 1. The van der Waals surface area contributed by atoms with Crippen LogP contribution >= 0.6 is 15.9 Å². The predicted molar refractivity (Wildman–Crippen MR) is 150 cm³/mol. The summed E-state index contributed by atoms with van der Waals surface area (Å²) in [7, 11) is 0. The van der Waals surface area contributed by atoms with Gasteiger partial charge >= 0.3 is 0 Å². The van der Waals surface area contributed by atoms with Gasteiger partial charge in [-0.15, -0.1) is 0 Å². The summed E-state index contributed by atoms with van der Waals surface area (Å²) in [5.74, 6) is 1.47. The SMILES string of the molecule is O=C(NNCC1CC1)[C@@]1(Cc2ccccc2)N=C(c2ccc(OCCCO)cc2)O[C@H]1c1ccccc1Br. The first-order valence-corrected chi connectivity index (χ1v) is 13.8. The molecule has 38 heavy (non-hydrogen) atoms. The number of hydrazine groups is 1. The standard InChI is InChI=1S/C30H32BrN3O4/c31-26-10-5-4-9-25(26)27-30(19-21-7-2-1-3-8-21,29(36)34-32-20-22-11-12-22)33-28(38-27)23-13-15-24(16-14-23)37-18-6-17-35/h1-5,7-10,13-16,22,27,32,35H,6,11-12,17-20H2,(H,34,36)/t27-,30-/m0/s1. The molecule has 2 aliphatic rings. The van der Waals surface area contributed by atoms with Gasteiger partial charge in [0.2, 0.25) is 5.90 Å². The molecule has 1 fully saturated rings. The van der Waals surface area contributed by atoms with Gasteiger partial charge in [0.15, 0.2) is 11.6 Å². The van der Waals surface area contributed by atoms with E-state index in [0.717, 1.165) is 27.7 Å². The Labute approximate surface area is 231 Å². The molecule has 0 spiro atoms. The summed E-state index contributed by atoms with van der Waals surface area (Å²) in [6, 6.07) is 25.2. The number of hydrogen-bond acceptors (Lipinski definition) is 6. The van der Waals surface area contributed by atoms with Gasteiger partial charge < -0.3 is 14.6 Å². The maximum atomic E-state index is 14.0. The minimum Gasteiger partial charge on any atom is -0.494 e. The molecule has 198 valence electrons. The summed E-state index contributed by atoms with van der Waals surface area (Å²) in [4.78, 5) is 19.1. The number of ether oxygens (including phenoxy) is 2. The van der Waals surface area contributed by atoms with Crippen LogP contribution in [0.25, 0.3) is 0 Å². The molecule has 5 rings (SSSR count). The summed E-state index contributed by atoms with van der Waals surface area (Å²) < 4.78 is 13.1. The Morgan fingerprint density at radius 3 is 2.50 bits per heavy atom. The number of aliphatic imine (C=N–C) groups is 1. The molecular formula is C30H32BrN3O4. The number of aliphatic hydroxyl groups excluding tert-OH is 1. The van der Waals surface area contributed by atoms with E-state index >= 15 is 0 Å². The van der Waals surface area contributed by atoms with Crippen LogP contribution in [0.3, 0.4) is 0 Å². The van der Waals surface area contributed by atoms with Crippen molar-refractivity contribution in [3.63, 3.8) is 0 Å². The van der Waals surface area contributed by atoms with Crippen molar-refractivity contribution in [2.24, 2.45) is 10.9 Å². The molecule has 3 N–H and O–H groups in total. The molecule has 1 heterocycles. The third-order valence-electron chi connectivity index (χ3n) is 6.82. The molecule has 1 aliphatic heterocycles. The Morgan fingerprint density at radius 1 is 1.05 bits per heavy atom. The van der Waals surface area contributed by atoms with Crippen LogP contribution < -0.4 is 15.6 Å². The molecule has 8 heteroatoms. The summed E-state index contributed by atoms with van der Waals surface area (Å²) in [6.07, 6.45) is 2.64. The number of amides is 1. The van der Waals surface area contributed by atoms with Crippen LogP contribution in [0.5, 0.6) is 5.75 Å². The lowest BCUT2D eigenvalue weighted by molar-refractivity contribution is -0.130. The molecule has 7 nitrogen and oxygen atoms in total. The normalized spacial score (nSPS) is 20.5. The molecule has 1 aliphatic carbocycles. The lowest BCUT2D eigenvalue weighted by Gasteiger charge is -2.31. The van der Waals surface area contributed by atoms with E-state index < -0.39 is 11.6 Å². The van der Waals surface area contributed by atoms with Gasteiger partial charge in [0.1, 0.15) is 5.75 Å². The minimum absolute atomic E-state index is 0.0836. The predicted octanol–water partition coefficient (Wildman–Crippen LogP) is 4.74. The highest BCUT2D eigenvalue weighted by atomic mass is 79.9. The maximum Gasteiger partial charge on any atom is 0.266 e. The van der Waals surface area contributed by atoms with Crippen LogP contribution in [0.2, 0.25) is 0 Å². The Morgan fingerprint density at radius 2 is 1.79 bits per heavy atom. The highest BCUT2D eigenvalue weighted by Gasteiger charge is 2.54. The smallest absolute Gasteiger partial charge is 0.266 e. The first kappa shape index (κ1) is 26.4. The summed E-state index contributed by atoms with van der Waals surface area (Å²) in [5, 5.41) is 9.00. The van der Waals surface area contributed by atoms with Crippen molar-refractivity contribution >= 4 is 27.7 Å². The average molecular weight is 579 g/mol. The average Bonchev–Trinajstić information content (AvgIpc) is 3.69. The Balaban J connectivity index is 1.52. The molecule has 0 saturated heterocycles. The fraction of sp³-hybridized carbons (Fsp3) is 0.333. The van der Waals surface area contributed by atoms with Crippen LogP contribution in [0.4, 0.5) is 0 Å². The molecule has 3 aromatic carbocycles. The van der Waals surface area contributed by atoms with Crippen molar-refractivity contribution in [1.82, 2.24) is 10.9 Å². The minimum atomic E-state index is -1.24. The number of nitrogens with one attached hydrogen (secondary N) is 2. The van der Waals surface area contributed by atoms with E-state index in [-0.39, 0.29) is 12.5 Å². The molecule has 0 aromatic heterocycles. The van der Waals surface area contributed by atoms with Crippen molar-refractivity contribution in [3.8, 4) is 5.75 Å². The zero-order chi connectivity index (χ0) is 26.4. The number of aliphatic hydroxyl groups is 1. The van der Waals surface area contributed by atoms with Gasteiger partial charge in [-0.3, -0.25) is 10.2 Å². The lowest BCUT2D eigenvalue weighted by Crippen LogP contribution is -2.54. The molecule has 1 amide bonds. The largest absolute Gasteiger partial charge is 0.494 e. The van der Waals surface area contributed by atoms with Crippen LogP contribution in [0, 0.1) is 5.92 Å². The zero-order valence-corrected chi connectivity index (χ0v) is 22.7. The zero-order valence-electron chi connectivity index (χ0n) is 21.1. The number of carbonyl (C=O) groups is 1. The highest BCUT2D eigenvalue weighted by Crippen LogP contribution is 2.44. The van der Waals surface area contributed by atoms with Gasteiger partial charge in [-0.25, -0.2) is 10.4 Å². The fourth-order valence-electron chi connectivity index (χ4n) is 4.56. The lowest BCUT2D eigenvalue weighted by atomic mass is 9.82. The molecule has 1 saturated carbocycles. The van der Waals surface area contributed by atoms with Crippen molar-refractivity contribution in [2.75, 3.05) is 19.8 Å². The number of hydrogen-bond donors (Lipinski definition) is 3. The van der Waals surface area contributed by atoms with Gasteiger partial charge in [-0.2, -0.15) is 0 Å². The van der Waals surface area contributed by atoms with Crippen LogP contribution in [0.1, 0.15) is 42.1 Å². The second-order valence-corrected chi connectivity index (χ2v) is 10.6. The van der Waals surface area contributed by atoms with E-state index in [1.165, 1.54) is 12.8 Å². The van der Waals surface area contributed by atoms with Crippen LogP contribution in [0.15, 0.2) is 88.3 Å². The van der Waals surface area contributed by atoms with Crippen molar-refractivity contribution in [3.05, 3.63) is 100 Å². The van der Waals surface area contributed by atoms with E-state index in [1.54, 1.807) is 0 Å². The Bertz CT molecular complexity index is 1260. The van der Waals surface area contributed by atoms with Crippen molar-refractivity contribution in [1.29, 1.82) is 0 Å². The van der Waals surface area contributed by atoms with Crippen LogP contribution in [-0.2, 0) is 16.0 Å². The number of halogens is 1. The van der Waals surface area contributed by atoms with Gasteiger partial charge in [-0.1, -0.05) is 64.5 Å². The van der Waals surface area contributed by atoms with Crippen molar-refractivity contribution < 1.29 is 19.4 Å². The summed E-state index contributed by atoms with van der Waals surface area (Å²) >= 11 is 3.68. The van der Waals surface area contributed by atoms with E-state index in [2.05, 4.69) is 26.8 Å². The highest BCUT2D eigenvalue weighted by molar-refractivity contribution is 9.10. The second kappa shape index (κ2) is 12.1. The van der Waals surface area contributed by atoms with E-state index in [9.17, 15) is 4.79 Å². The van der Waals surface area contributed by atoms with Crippen molar-refractivity contribution in [2.45, 2.75) is 37.3 Å². The summed E-state index contributed by atoms with van der Waals surface area (Å²) in [6.45, 7) is 1.26. The Hall–Kier alpha value is -3.20. The maximum absolute atomic E-state index is 14.0. The van der Waals surface area contributed by atoms with E-state index in [4.69, 9.17) is 19.6 Å². The summed E-state index contributed by atoms with van der Waals surface area (Å²) in [5.41, 5.74) is 7.44. The molecule has 0 radical (unpaired) electrons. The third-order valence-corrected chi connectivity index (χ3v) is 7.55. The number of benzene rings is 3. The molecule has 3 aromatic rings. The molecule has 2 atom stereocenters. The number of rotatable bonds is 12. The Kier molecular flexibility index (Phi) is 8.42. The fourth-order valence-corrected chi connectivity index (χ4v) is 5.05. The second-order valence-electron chi connectivity index (χ2n) is 9.75. The van der Waals surface area contributed by atoms with Gasteiger partial charge in [0.05, 0.1) is 6.61 Å². The van der Waals surface area contributed by atoms with E-state index in [0.29, 0.717) is 37.0 Å². The third kappa shape index (κ3) is 6.09. The van der Waals surface area contributed by atoms with Gasteiger partial charge in [-0.05, 0) is 54.7 Å². The van der Waals surface area contributed by atoms with Gasteiger partial charge in [0.25, 0.3) is 5.91 Å². The van der Waals surface area contributed by atoms with Crippen LogP contribution in [-0.4, -0.2) is 42.2 Å². The molecular weight excluding hydrogens is 546 g/mol. The molecule has 0 unspecified atom stereocenters.